The average molecular weight is 299 g/mol. The van der Waals surface area contributed by atoms with Crippen molar-refractivity contribution in [1.82, 2.24) is 10.3 Å². The van der Waals surface area contributed by atoms with Gasteiger partial charge in [-0.25, -0.2) is 4.98 Å². The minimum Gasteiger partial charge on any atom is -0.351 e. The van der Waals surface area contributed by atoms with E-state index in [2.05, 4.69) is 22.1 Å². The molecule has 1 N–H and O–H groups in total. The molecule has 0 atom stereocenters. The number of benzene rings is 1. The van der Waals surface area contributed by atoms with Gasteiger partial charge in [-0.3, -0.25) is 4.79 Å². The standard InChI is InChI=1S/C17H15ClN2O/c18-13-14-6-5-7-15(12-14)17(21)20-11-4-2-9-16-8-1-3-10-19-16/h1,3,5-8,10,12H,4,11,13H2,(H,20,21). The van der Waals surface area contributed by atoms with E-state index in [0.717, 1.165) is 11.3 Å². The molecular formula is C17H15ClN2O. The van der Waals surface area contributed by atoms with E-state index in [4.69, 9.17) is 11.6 Å². The number of hydrogen-bond donors (Lipinski definition) is 1. The first kappa shape index (κ1) is 15.1. The van der Waals surface area contributed by atoms with Crippen molar-refractivity contribution in [1.29, 1.82) is 0 Å². The van der Waals surface area contributed by atoms with Crippen LogP contribution < -0.4 is 5.32 Å². The minimum atomic E-state index is -0.110. The van der Waals surface area contributed by atoms with Gasteiger partial charge in [-0.1, -0.05) is 24.1 Å². The fourth-order valence-corrected chi connectivity index (χ4v) is 1.89. The van der Waals surface area contributed by atoms with Crippen molar-refractivity contribution in [2.75, 3.05) is 6.54 Å². The van der Waals surface area contributed by atoms with Crippen LogP contribution in [0.15, 0.2) is 48.7 Å². The Labute approximate surface area is 129 Å². The molecule has 0 aliphatic rings. The van der Waals surface area contributed by atoms with Gasteiger partial charge in [0.25, 0.3) is 5.91 Å². The summed E-state index contributed by atoms with van der Waals surface area (Å²) in [6.07, 6.45) is 2.28. The van der Waals surface area contributed by atoms with Gasteiger partial charge < -0.3 is 5.32 Å². The normalized spacial score (nSPS) is 9.57. The zero-order valence-electron chi connectivity index (χ0n) is 11.5. The summed E-state index contributed by atoms with van der Waals surface area (Å²) in [4.78, 5) is 16.0. The summed E-state index contributed by atoms with van der Waals surface area (Å²) in [6, 6.07) is 12.9. The molecule has 106 valence electrons. The number of hydrogen-bond acceptors (Lipinski definition) is 2. The fraction of sp³-hybridized carbons (Fsp3) is 0.176. The van der Waals surface area contributed by atoms with Gasteiger partial charge in [-0.15, -0.1) is 11.6 Å². The third kappa shape index (κ3) is 4.94. The first-order valence-electron chi connectivity index (χ1n) is 6.62. The van der Waals surface area contributed by atoms with Crippen LogP contribution in [-0.4, -0.2) is 17.4 Å². The number of carbonyl (C=O) groups is 1. The van der Waals surface area contributed by atoms with Crippen molar-refractivity contribution < 1.29 is 4.79 Å². The predicted molar refractivity (Wildman–Crippen MR) is 84.1 cm³/mol. The van der Waals surface area contributed by atoms with E-state index in [-0.39, 0.29) is 5.91 Å². The second kappa shape index (κ2) is 8.08. The quantitative estimate of drug-likeness (QED) is 0.536. The Morgan fingerprint density at radius 3 is 2.90 bits per heavy atom. The lowest BCUT2D eigenvalue weighted by Crippen LogP contribution is -2.24. The lowest BCUT2D eigenvalue weighted by atomic mass is 10.1. The van der Waals surface area contributed by atoms with Gasteiger partial charge in [0.1, 0.15) is 5.69 Å². The van der Waals surface area contributed by atoms with Crippen LogP contribution in [-0.2, 0) is 5.88 Å². The van der Waals surface area contributed by atoms with E-state index in [1.54, 1.807) is 18.3 Å². The molecule has 1 heterocycles. The van der Waals surface area contributed by atoms with Crippen molar-refractivity contribution >= 4 is 17.5 Å². The topological polar surface area (TPSA) is 42.0 Å². The summed E-state index contributed by atoms with van der Waals surface area (Å²) in [7, 11) is 0. The molecule has 0 aliphatic heterocycles. The zero-order valence-corrected chi connectivity index (χ0v) is 12.2. The van der Waals surface area contributed by atoms with Crippen LogP contribution in [0.1, 0.15) is 28.0 Å². The summed E-state index contributed by atoms with van der Waals surface area (Å²) < 4.78 is 0. The molecule has 1 aromatic carbocycles. The molecule has 0 aliphatic carbocycles. The van der Waals surface area contributed by atoms with E-state index in [1.165, 1.54) is 0 Å². The molecule has 2 rings (SSSR count). The largest absolute Gasteiger partial charge is 0.351 e. The molecule has 0 radical (unpaired) electrons. The summed E-state index contributed by atoms with van der Waals surface area (Å²) in [6.45, 7) is 0.504. The first-order valence-corrected chi connectivity index (χ1v) is 7.16. The Bertz CT molecular complexity index is 659. The van der Waals surface area contributed by atoms with Gasteiger partial charge in [0.2, 0.25) is 0 Å². The van der Waals surface area contributed by atoms with Crippen LogP contribution >= 0.6 is 11.6 Å². The number of pyridine rings is 1. The maximum Gasteiger partial charge on any atom is 0.251 e. The first-order chi connectivity index (χ1) is 10.3. The third-order valence-corrected chi connectivity index (χ3v) is 3.07. The molecule has 0 saturated heterocycles. The van der Waals surface area contributed by atoms with Gasteiger partial charge in [0.05, 0.1) is 0 Å². The molecular weight excluding hydrogens is 284 g/mol. The number of aromatic nitrogens is 1. The summed E-state index contributed by atoms with van der Waals surface area (Å²) in [5, 5.41) is 2.83. The minimum absolute atomic E-state index is 0.110. The van der Waals surface area contributed by atoms with E-state index in [1.807, 2.05) is 30.3 Å². The van der Waals surface area contributed by atoms with Crippen LogP contribution in [0.2, 0.25) is 0 Å². The smallest absolute Gasteiger partial charge is 0.251 e. The summed E-state index contributed by atoms with van der Waals surface area (Å²) >= 11 is 5.75. The lowest BCUT2D eigenvalue weighted by molar-refractivity contribution is 0.0954. The van der Waals surface area contributed by atoms with E-state index in [9.17, 15) is 4.79 Å². The molecule has 0 saturated carbocycles. The Kier molecular flexibility index (Phi) is 5.81. The average Bonchev–Trinajstić information content (AvgIpc) is 2.55. The molecule has 3 nitrogen and oxygen atoms in total. The van der Waals surface area contributed by atoms with Crippen molar-refractivity contribution in [3.8, 4) is 11.8 Å². The highest BCUT2D eigenvalue weighted by molar-refractivity contribution is 6.17. The molecule has 0 bridgehead atoms. The maximum absolute atomic E-state index is 11.9. The number of carbonyl (C=O) groups excluding carboxylic acids is 1. The van der Waals surface area contributed by atoms with Crippen molar-refractivity contribution in [2.24, 2.45) is 0 Å². The fourth-order valence-electron chi connectivity index (χ4n) is 1.73. The van der Waals surface area contributed by atoms with Crippen LogP contribution in [0.5, 0.6) is 0 Å². The predicted octanol–water partition coefficient (Wildman–Crippen LogP) is 2.99. The SMILES string of the molecule is O=C(NCCC#Cc1ccccn1)c1cccc(CCl)c1. The Morgan fingerprint density at radius 1 is 1.24 bits per heavy atom. The number of amides is 1. The van der Waals surface area contributed by atoms with Gasteiger partial charge in [0, 0.05) is 30.6 Å². The lowest BCUT2D eigenvalue weighted by Gasteiger charge is -2.04. The van der Waals surface area contributed by atoms with Crippen LogP contribution in [0.25, 0.3) is 0 Å². The second-order valence-corrected chi connectivity index (χ2v) is 4.62. The van der Waals surface area contributed by atoms with Gasteiger partial charge in [0.15, 0.2) is 0 Å². The Hall–Kier alpha value is -2.31. The molecule has 4 heteroatoms. The second-order valence-electron chi connectivity index (χ2n) is 4.36. The monoisotopic (exact) mass is 298 g/mol. The highest BCUT2D eigenvalue weighted by atomic mass is 35.5. The number of nitrogens with one attached hydrogen (secondary N) is 1. The molecule has 0 fully saturated rings. The number of nitrogens with zero attached hydrogens (tertiary/aromatic N) is 1. The molecule has 1 amide bonds. The van der Waals surface area contributed by atoms with Crippen molar-refractivity contribution in [2.45, 2.75) is 12.3 Å². The molecule has 0 unspecified atom stereocenters. The van der Waals surface area contributed by atoms with Gasteiger partial charge >= 0.3 is 0 Å². The van der Waals surface area contributed by atoms with E-state index < -0.39 is 0 Å². The number of alkyl halides is 1. The van der Waals surface area contributed by atoms with E-state index >= 15 is 0 Å². The maximum atomic E-state index is 11.9. The molecule has 21 heavy (non-hydrogen) atoms. The van der Waals surface area contributed by atoms with Gasteiger partial charge in [-0.05, 0) is 35.7 Å². The number of rotatable bonds is 4. The number of halogens is 1. The highest BCUT2D eigenvalue weighted by Gasteiger charge is 2.04. The van der Waals surface area contributed by atoms with Gasteiger partial charge in [-0.2, -0.15) is 0 Å². The van der Waals surface area contributed by atoms with Crippen LogP contribution in [0.4, 0.5) is 0 Å². The van der Waals surface area contributed by atoms with Crippen molar-refractivity contribution in [3.05, 3.63) is 65.5 Å². The Morgan fingerprint density at radius 2 is 2.14 bits per heavy atom. The molecule has 1 aromatic heterocycles. The Balaban J connectivity index is 1.81. The van der Waals surface area contributed by atoms with Crippen molar-refractivity contribution in [3.63, 3.8) is 0 Å². The van der Waals surface area contributed by atoms with E-state index in [0.29, 0.717) is 24.4 Å². The van der Waals surface area contributed by atoms with Crippen LogP contribution in [0, 0.1) is 11.8 Å². The summed E-state index contributed by atoms with van der Waals surface area (Å²) in [5.74, 6) is 6.22. The van der Waals surface area contributed by atoms with Crippen LogP contribution in [0.3, 0.4) is 0 Å². The summed E-state index contributed by atoms with van der Waals surface area (Å²) in [5.41, 5.74) is 2.28. The third-order valence-electron chi connectivity index (χ3n) is 2.76. The zero-order chi connectivity index (χ0) is 14.9. The molecule has 2 aromatic rings. The highest BCUT2D eigenvalue weighted by Crippen LogP contribution is 2.07. The molecule has 0 spiro atoms.